The monoisotopic (exact) mass is 358 g/mol. The molecule has 0 bridgehead atoms. The van der Waals surface area contributed by atoms with Gasteiger partial charge in [-0.1, -0.05) is 24.3 Å². The minimum atomic E-state index is 0.916. The summed E-state index contributed by atoms with van der Waals surface area (Å²) in [6.07, 6.45) is 7.28. The Labute approximate surface area is 160 Å². The minimum Gasteiger partial charge on any atom is -0.254 e. The van der Waals surface area contributed by atoms with Gasteiger partial charge < -0.3 is 0 Å². The fourth-order valence-electron chi connectivity index (χ4n) is 4.00. The Kier molecular flexibility index (Phi) is 3.14. The predicted octanol–water partition coefficient (Wildman–Crippen LogP) is 5.55. The van der Waals surface area contributed by atoms with Crippen LogP contribution in [0.15, 0.2) is 85.5 Å². The molecule has 0 saturated heterocycles. The summed E-state index contributed by atoms with van der Waals surface area (Å²) in [6, 6.07) is 20.7. The zero-order chi connectivity index (χ0) is 18.5. The van der Waals surface area contributed by atoms with E-state index in [0.717, 1.165) is 54.7 Å². The first-order chi connectivity index (χ1) is 13.9. The van der Waals surface area contributed by atoms with Gasteiger partial charge in [-0.25, -0.2) is 0 Å². The van der Waals surface area contributed by atoms with E-state index in [0.29, 0.717) is 0 Å². The first-order valence-electron chi connectivity index (χ1n) is 9.15. The van der Waals surface area contributed by atoms with Gasteiger partial charge >= 0.3 is 0 Å². The Morgan fingerprint density at radius 3 is 1.29 bits per heavy atom. The Hall–Kier alpha value is -3.92. The van der Waals surface area contributed by atoms with E-state index in [2.05, 4.69) is 56.3 Å². The molecule has 0 fully saturated rings. The van der Waals surface area contributed by atoms with Gasteiger partial charge in [0.15, 0.2) is 0 Å². The number of benzene rings is 2. The quantitative estimate of drug-likeness (QED) is 0.362. The maximum Gasteiger partial charge on any atom is 0.0970 e. The van der Waals surface area contributed by atoms with Crippen LogP contribution in [0.3, 0.4) is 0 Å². The standard InChI is InChI=1S/C24H14N4/c1-5-15-13-19(17-7-3-11-27-23(17)21(15)25-9-1)20-14-16-6-2-10-26-22(16)24-18(20)8-4-12-28-24/h1-14H. The lowest BCUT2D eigenvalue weighted by molar-refractivity contribution is 1.37. The van der Waals surface area contributed by atoms with Crippen molar-refractivity contribution < 1.29 is 0 Å². The molecule has 4 heterocycles. The number of aromatic nitrogens is 4. The van der Waals surface area contributed by atoms with Crippen molar-refractivity contribution in [3.05, 3.63) is 85.5 Å². The maximum absolute atomic E-state index is 4.65. The normalized spacial score (nSPS) is 11.6. The highest BCUT2D eigenvalue weighted by molar-refractivity contribution is 6.16. The Morgan fingerprint density at radius 1 is 0.429 bits per heavy atom. The van der Waals surface area contributed by atoms with Crippen molar-refractivity contribution in [3.63, 3.8) is 0 Å². The summed E-state index contributed by atoms with van der Waals surface area (Å²) in [5, 5.41) is 4.32. The third kappa shape index (κ3) is 2.12. The second kappa shape index (κ2) is 5.79. The molecule has 4 nitrogen and oxygen atoms in total. The molecular weight excluding hydrogens is 344 g/mol. The van der Waals surface area contributed by atoms with E-state index >= 15 is 0 Å². The number of hydrogen-bond donors (Lipinski definition) is 0. The first-order valence-corrected chi connectivity index (χ1v) is 9.15. The molecule has 0 aliphatic heterocycles. The number of fused-ring (bicyclic) bond motifs is 6. The van der Waals surface area contributed by atoms with Gasteiger partial charge in [-0.2, -0.15) is 0 Å². The topological polar surface area (TPSA) is 51.6 Å². The van der Waals surface area contributed by atoms with Crippen LogP contribution in [0.4, 0.5) is 0 Å². The highest BCUT2D eigenvalue weighted by atomic mass is 14.7. The van der Waals surface area contributed by atoms with E-state index in [1.54, 1.807) is 0 Å². The molecular formula is C24H14N4. The average Bonchev–Trinajstić information content (AvgIpc) is 2.78. The van der Waals surface area contributed by atoms with Gasteiger partial charge in [-0.15, -0.1) is 0 Å². The minimum absolute atomic E-state index is 0.916. The smallest absolute Gasteiger partial charge is 0.0970 e. The van der Waals surface area contributed by atoms with Crippen molar-refractivity contribution >= 4 is 43.6 Å². The highest BCUT2D eigenvalue weighted by Gasteiger charge is 2.15. The Morgan fingerprint density at radius 2 is 0.821 bits per heavy atom. The van der Waals surface area contributed by atoms with Crippen LogP contribution in [0.25, 0.3) is 54.7 Å². The summed E-state index contributed by atoms with van der Waals surface area (Å²) in [6.45, 7) is 0. The summed E-state index contributed by atoms with van der Waals surface area (Å²) in [5.41, 5.74) is 5.94. The van der Waals surface area contributed by atoms with Gasteiger partial charge in [-0.05, 0) is 47.5 Å². The predicted molar refractivity (Wildman–Crippen MR) is 113 cm³/mol. The second-order valence-corrected chi connectivity index (χ2v) is 6.80. The third-order valence-electron chi connectivity index (χ3n) is 5.21. The molecule has 0 aliphatic rings. The fraction of sp³-hybridized carbons (Fsp3) is 0. The molecule has 0 atom stereocenters. The molecule has 0 spiro atoms. The van der Waals surface area contributed by atoms with E-state index in [4.69, 9.17) is 0 Å². The van der Waals surface area contributed by atoms with E-state index in [1.165, 1.54) is 0 Å². The Balaban J connectivity index is 1.84. The fourth-order valence-corrected chi connectivity index (χ4v) is 4.00. The van der Waals surface area contributed by atoms with Crippen LogP contribution >= 0.6 is 0 Å². The molecule has 0 aliphatic carbocycles. The third-order valence-corrected chi connectivity index (χ3v) is 5.21. The van der Waals surface area contributed by atoms with Crippen molar-refractivity contribution in [2.45, 2.75) is 0 Å². The molecule has 0 radical (unpaired) electrons. The van der Waals surface area contributed by atoms with Crippen molar-refractivity contribution in [1.82, 2.24) is 19.9 Å². The largest absolute Gasteiger partial charge is 0.254 e. The molecule has 6 rings (SSSR count). The zero-order valence-corrected chi connectivity index (χ0v) is 14.9. The molecule has 6 aromatic rings. The molecule has 0 N–H and O–H groups in total. The van der Waals surface area contributed by atoms with Gasteiger partial charge in [0.1, 0.15) is 0 Å². The van der Waals surface area contributed by atoms with Crippen LogP contribution in [-0.2, 0) is 0 Å². The zero-order valence-electron chi connectivity index (χ0n) is 14.9. The van der Waals surface area contributed by atoms with Gasteiger partial charge in [0.2, 0.25) is 0 Å². The molecule has 2 aromatic carbocycles. The number of pyridine rings is 4. The molecule has 0 amide bonds. The van der Waals surface area contributed by atoms with Crippen LogP contribution in [-0.4, -0.2) is 19.9 Å². The van der Waals surface area contributed by atoms with Crippen LogP contribution in [0.2, 0.25) is 0 Å². The number of nitrogens with zero attached hydrogens (tertiary/aromatic N) is 4. The van der Waals surface area contributed by atoms with Crippen molar-refractivity contribution in [3.8, 4) is 11.1 Å². The van der Waals surface area contributed by atoms with Gasteiger partial charge in [0.25, 0.3) is 0 Å². The van der Waals surface area contributed by atoms with E-state index < -0.39 is 0 Å². The molecule has 130 valence electrons. The molecule has 28 heavy (non-hydrogen) atoms. The second-order valence-electron chi connectivity index (χ2n) is 6.80. The summed E-state index contributed by atoms with van der Waals surface area (Å²) >= 11 is 0. The van der Waals surface area contributed by atoms with E-state index in [-0.39, 0.29) is 0 Å². The average molecular weight is 358 g/mol. The van der Waals surface area contributed by atoms with Crippen LogP contribution in [0.5, 0.6) is 0 Å². The summed E-state index contributed by atoms with van der Waals surface area (Å²) in [7, 11) is 0. The summed E-state index contributed by atoms with van der Waals surface area (Å²) in [5.74, 6) is 0. The maximum atomic E-state index is 4.65. The summed E-state index contributed by atoms with van der Waals surface area (Å²) < 4.78 is 0. The lowest BCUT2D eigenvalue weighted by Crippen LogP contribution is -1.92. The molecule has 0 unspecified atom stereocenters. The molecule has 4 heteroatoms. The van der Waals surface area contributed by atoms with Gasteiger partial charge in [0, 0.05) is 46.3 Å². The lowest BCUT2D eigenvalue weighted by Gasteiger charge is -2.13. The van der Waals surface area contributed by atoms with Crippen molar-refractivity contribution in [2.75, 3.05) is 0 Å². The molecule has 4 aromatic heterocycles. The van der Waals surface area contributed by atoms with Crippen LogP contribution in [0, 0.1) is 0 Å². The van der Waals surface area contributed by atoms with Gasteiger partial charge in [0.05, 0.1) is 22.1 Å². The SMILES string of the molecule is c1cnc2c(c1)cc(-c1cc3cccnc3c3ncccc13)c1cccnc12. The number of rotatable bonds is 1. The van der Waals surface area contributed by atoms with Crippen LogP contribution in [0.1, 0.15) is 0 Å². The summed E-state index contributed by atoms with van der Waals surface area (Å²) in [4.78, 5) is 18.4. The van der Waals surface area contributed by atoms with E-state index in [9.17, 15) is 0 Å². The van der Waals surface area contributed by atoms with Crippen molar-refractivity contribution in [1.29, 1.82) is 0 Å². The van der Waals surface area contributed by atoms with E-state index in [1.807, 2.05) is 49.1 Å². The lowest BCUT2D eigenvalue weighted by atomic mass is 9.93. The Bertz CT molecular complexity index is 1400. The highest BCUT2D eigenvalue weighted by Crippen LogP contribution is 2.38. The van der Waals surface area contributed by atoms with Crippen molar-refractivity contribution in [2.24, 2.45) is 0 Å². The first kappa shape index (κ1) is 15.2. The number of hydrogen-bond acceptors (Lipinski definition) is 4. The van der Waals surface area contributed by atoms with Gasteiger partial charge in [-0.3, -0.25) is 19.9 Å². The molecule has 0 saturated carbocycles. The van der Waals surface area contributed by atoms with Crippen LogP contribution < -0.4 is 0 Å².